The molecule has 1 aliphatic heterocycles. The van der Waals surface area contributed by atoms with Crippen molar-refractivity contribution in [1.29, 1.82) is 0 Å². The van der Waals surface area contributed by atoms with Crippen LogP contribution in [0.5, 0.6) is 5.75 Å². The van der Waals surface area contributed by atoms with Crippen molar-refractivity contribution in [2.24, 2.45) is 0 Å². The highest BCUT2D eigenvalue weighted by Gasteiger charge is 2.24. The molecule has 0 saturated carbocycles. The minimum atomic E-state index is -0.153. The van der Waals surface area contributed by atoms with Crippen molar-refractivity contribution in [2.75, 3.05) is 23.9 Å². The molecule has 0 saturated heterocycles. The van der Waals surface area contributed by atoms with Crippen LogP contribution in [0.25, 0.3) is 31.2 Å². The topological polar surface area (TPSA) is 67.3 Å². The predicted molar refractivity (Wildman–Crippen MR) is 144 cm³/mol. The van der Waals surface area contributed by atoms with Crippen LogP contribution >= 0.6 is 22.7 Å². The van der Waals surface area contributed by atoms with Crippen molar-refractivity contribution in [3.05, 3.63) is 78.5 Å². The number of carbonyl (C=O) groups is 1. The van der Waals surface area contributed by atoms with E-state index >= 15 is 0 Å². The molecule has 6 rings (SSSR count). The summed E-state index contributed by atoms with van der Waals surface area (Å²) >= 11 is 3.13. The predicted octanol–water partition coefficient (Wildman–Crippen LogP) is 7.08. The number of urea groups is 1. The zero-order chi connectivity index (χ0) is 23.8. The molecule has 1 aliphatic rings. The molecule has 0 bridgehead atoms. The summed E-state index contributed by atoms with van der Waals surface area (Å²) in [5, 5.41) is 4.55. The minimum absolute atomic E-state index is 0.153. The Bertz CT molecular complexity index is 1490. The number of fused-ring (bicyclic) bond motifs is 2. The summed E-state index contributed by atoms with van der Waals surface area (Å²) in [6.45, 7) is 0.669. The molecule has 0 fully saturated rings. The lowest BCUT2D eigenvalue weighted by molar-refractivity contribution is 0.256. The second-order valence-corrected chi connectivity index (χ2v) is 10.3. The first kappa shape index (κ1) is 21.8. The van der Waals surface area contributed by atoms with Gasteiger partial charge in [0.15, 0.2) is 5.13 Å². The Balaban J connectivity index is 1.27. The molecular formula is C27H22N4O2S2. The van der Waals surface area contributed by atoms with Gasteiger partial charge in [-0.2, -0.15) is 0 Å². The van der Waals surface area contributed by atoms with Crippen LogP contribution in [0.3, 0.4) is 0 Å². The number of para-hydroxylation sites is 1. The maximum absolute atomic E-state index is 13.3. The molecule has 8 heteroatoms. The van der Waals surface area contributed by atoms with Crippen LogP contribution in [0.2, 0.25) is 0 Å². The number of amides is 2. The van der Waals surface area contributed by atoms with E-state index in [9.17, 15) is 4.79 Å². The summed E-state index contributed by atoms with van der Waals surface area (Å²) in [7, 11) is 1.67. The van der Waals surface area contributed by atoms with Gasteiger partial charge in [0, 0.05) is 24.0 Å². The second-order valence-electron chi connectivity index (χ2n) is 8.27. The largest absolute Gasteiger partial charge is 0.497 e. The molecule has 0 spiro atoms. The van der Waals surface area contributed by atoms with E-state index in [0.717, 1.165) is 55.5 Å². The molecule has 35 heavy (non-hydrogen) atoms. The zero-order valence-corrected chi connectivity index (χ0v) is 20.7. The van der Waals surface area contributed by atoms with Crippen molar-refractivity contribution in [1.82, 2.24) is 9.97 Å². The van der Waals surface area contributed by atoms with Crippen molar-refractivity contribution in [3.8, 4) is 26.8 Å². The number of anilines is 2. The monoisotopic (exact) mass is 498 g/mol. The molecule has 3 heterocycles. The third kappa shape index (κ3) is 4.26. The van der Waals surface area contributed by atoms with Crippen LogP contribution in [0.4, 0.5) is 15.6 Å². The number of nitrogens with one attached hydrogen (secondary N) is 1. The summed E-state index contributed by atoms with van der Waals surface area (Å²) in [6, 6.07) is 22.0. The quantitative estimate of drug-likeness (QED) is 0.287. The molecular weight excluding hydrogens is 476 g/mol. The van der Waals surface area contributed by atoms with Crippen LogP contribution in [0, 0.1) is 0 Å². The highest BCUT2D eigenvalue weighted by Crippen LogP contribution is 2.37. The van der Waals surface area contributed by atoms with E-state index in [2.05, 4.69) is 33.5 Å². The molecule has 0 aliphatic carbocycles. The Hall–Kier alpha value is -3.75. The maximum Gasteiger partial charge on any atom is 0.328 e. The number of aromatic nitrogens is 2. The fraction of sp³-hybridized carbons (Fsp3) is 0.148. The lowest BCUT2D eigenvalue weighted by atomic mass is 10.00. The molecule has 6 nitrogen and oxygen atoms in total. The maximum atomic E-state index is 13.3. The van der Waals surface area contributed by atoms with Gasteiger partial charge in [-0.05, 0) is 66.4 Å². The standard InChI is InChI=1S/C27H22N4O2S2/c1-33-20-12-10-18(11-13-20)24-16-28-25(34-24)19-9-8-17-5-4-14-31(22(17)15-19)27(32)30-26-29-21-6-2-3-7-23(21)35-26/h2-3,6-13,15-16H,4-5,14H2,1H3,(H,29,30,32). The van der Waals surface area contributed by atoms with E-state index in [0.29, 0.717) is 11.7 Å². The summed E-state index contributed by atoms with van der Waals surface area (Å²) in [5.74, 6) is 0.831. The van der Waals surface area contributed by atoms with Crippen LogP contribution < -0.4 is 15.0 Å². The number of methoxy groups -OCH3 is 1. The zero-order valence-electron chi connectivity index (χ0n) is 19.0. The number of carbonyl (C=O) groups excluding carboxylic acids is 1. The fourth-order valence-corrected chi connectivity index (χ4v) is 6.07. The highest BCUT2D eigenvalue weighted by atomic mass is 32.1. The Morgan fingerprint density at radius 3 is 2.69 bits per heavy atom. The second kappa shape index (κ2) is 9.13. The van der Waals surface area contributed by atoms with Gasteiger partial charge in [0.25, 0.3) is 0 Å². The summed E-state index contributed by atoms with van der Waals surface area (Å²) < 4.78 is 6.32. The van der Waals surface area contributed by atoms with Gasteiger partial charge in [0.1, 0.15) is 10.8 Å². The molecule has 3 aromatic carbocycles. The molecule has 1 N–H and O–H groups in total. The van der Waals surface area contributed by atoms with Crippen LogP contribution in [-0.4, -0.2) is 29.7 Å². The number of aryl methyl sites for hydroxylation is 1. The number of hydrogen-bond acceptors (Lipinski definition) is 6. The first-order valence-electron chi connectivity index (χ1n) is 11.4. The smallest absolute Gasteiger partial charge is 0.328 e. The molecule has 174 valence electrons. The average molecular weight is 499 g/mol. The van der Waals surface area contributed by atoms with Gasteiger partial charge in [-0.25, -0.2) is 14.8 Å². The summed E-state index contributed by atoms with van der Waals surface area (Å²) in [5.41, 5.74) is 5.11. The first-order chi connectivity index (χ1) is 17.2. The van der Waals surface area contributed by atoms with E-state index < -0.39 is 0 Å². The average Bonchev–Trinajstić information content (AvgIpc) is 3.55. The highest BCUT2D eigenvalue weighted by molar-refractivity contribution is 7.22. The number of hydrogen-bond donors (Lipinski definition) is 1. The van der Waals surface area contributed by atoms with E-state index in [1.54, 1.807) is 18.4 Å². The third-order valence-electron chi connectivity index (χ3n) is 6.08. The molecule has 2 aromatic heterocycles. The Kier molecular flexibility index (Phi) is 5.67. The lowest BCUT2D eigenvalue weighted by Crippen LogP contribution is -2.38. The van der Waals surface area contributed by atoms with Gasteiger partial charge in [0.05, 0.1) is 22.2 Å². The van der Waals surface area contributed by atoms with Crippen molar-refractivity contribution in [3.63, 3.8) is 0 Å². The number of ether oxygens (including phenoxy) is 1. The number of rotatable bonds is 4. The van der Waals surface area contributed by atoms with Gasteiger partial charge in [0.2, 0.25) is 0 Å². The van der Waals surface area contributed by atoms with Crippen molar-refractivity contribution < 1.29 is 9.53 Å². The van der Waals surface area contributed by atoms with E-state index in [4.69, 9.17) is 4.74 Å². The van der Waals surface area contributed by atoms with Gasteiger partial charge in [-0.1, -0.05) is 35.6 Å². The minimum Gasteiger partial charge on any atom is -0.497 e. The van der Waals surface area contributed by atoms with E-state index in [1.165, 1.54) is 16.9 Å². The number of thiazole rings is 2. The molecule has 0 atom stereocenters. The third-order valence-corrected chi connectivity index (χ3v) is 8.13. The Morgan fingerprint density at radius 1 is 1.03 bits per heavy atom. The number of nitrogens with zero attached hydrogens (tertiary/aromatic N) is 3. The number of benzene rings is 3. The normalized spacial score (nSPS) is 13.0. The van der Waals surface area contributed by atoms with Crippen molar-refractivity contribution in [2.45, 2.75) is 12.8 Å². The van der Waals surface area contributed by atoms with Crippen LogP contribution in [-0.2, 0) is 6.42 Å². The van der Waals surface area contributed by atoms with Crippen molar-refractivity contribution >= 4 is 49.7 Å². The Labute approximate surface area is 210 Å². The molecule has 0 radical (unpaired) electrons. The first-order valence-corrected chi connectivity index (χ1v) is 13.0. The summed E-state index contributed by atoms with van der Waals surface area (Å²) in [6.07, 6.45) is 3.78. The summed E-state index contributed by atoms with van der Waals surface area (Å²) in [4.78, 5) is 25.4. The van der Waals surface area contributed by atoms with Gasteiger partial charge in [-0.15, -0.1) is 11.3 Å². The fourth-order valence-electron chi connectivity index (χ4n) is 4.30. The molecule has 0 unspecified atom stereocenters. The van der Waals surface area contributed by atoms with Gasteiger partial charge in [-0.3, -0.25) is 10.2 Å². The molecule has 2 amide bonds. The van der Waals surface area contributed by atoms with Crippen LogP contribution in [0.15, 0.2) is 72.9 Å². The van der Waals surface area contributed by atoms with E-state index in [1.807, 2.05) is 59.6 Å². The van der Waals surface area contributed by atoms with E-state index in [-0.39, 0.29) is 6.03 Å². The SMILES string of the molecule is COc1ccc(-c2cnc(-c3ccc4c(c3)N(C(=O)Nc3nc5ccccc5s3)CCC4)s2)cc1. The Morgan fingerprint density at radius 2 is 1.86 bits per heavy atom. The van der Waals surface area contributed by atoms with Crippen LogP contribution in [0.1, 0.15) is 12.0 Å². The molecule has 5 aromatic rings. The lowest BCUT2D eigenvalue weighted by Gasteiger charge is -2.29. The van der Waals surface area contributed by atoms with Gasteiger partial charge >= 0.3 is 6.03 Å². The van der Waals surface area contributed by atoms with Gasteiger partial charge < -0.3 is 4.74 Å².